The average molecular weight is 488 g/mol. The van der Waals surface area contributed by atoms with Crippen molar-refractivity contribution in [3.8, 4) is 11.3 Å². The van der Waals surface area contributed by atoms with Crippen molar-refractivity contribution < 1.29 is 9.18 Å². The number of hydrogen-bond donors (Lipinski definition) is 2. The molecule has 1 aliphatic rings. The van der Waals surface area contributed by atoms with E-state index in [0.29, 0.717) is 18.1 Å². The van der Waals surface area contributed by atoms with Gasteiger partial charge in [0.1, 0.15) is 5.82 Å². The van der Waals surface area contributed by atoms with Crippen LogP contribution in [0.3, 0.4) is 0 Å². The summed E-state index contributed by atoms with van der Waals surface area (Å²) in [4.78, 5) is 30.8. The van der Waals surface area contributed by atoms with E-state index in [0.717, 1.165) is 60.6 Å². The number of nitrogens with zero attached hydrogens (tertiary/aromatic N) is 5. The van der Waals surface area contributed by atoms with Crippen molar-refractivity contribution in [2.75, 3.05) is 57.0 Å². The van der Waals surface area contributed by atoms with Gasteiger partial charge in [0.15, 0.2) is 0 Å². The molecule has 8 nitrogen and oxygen atoms in total. The molecule has 2 aromatic carbocycles. The van der Waals surface area contributed by atoms with Gasteiger partial charge in [-0.15, -0.1) is 0 Å². The van der Waals surface area contributed by atoms with E-state index in [-0.39, 0.29) is 11.7 Å². The predicted molar refractivity (Wildman–Crippen MR) is 141 cm³/mol. The summed E-state index contributed by atoms with van der Waals surface area (Å²) in [6.45, 7) is 3.89. The molecule has 4 aromatic rings. The van der Waals surface area contributed by atoms with E-state index in [1.54, 1.807) is 12.3 Å². The Bertz CT molecular complexity index is 1340. The third-order valence-corrected chi connectivity index (χ3v) is 6.47. The molecule has 1 aliphatic heterocycles. The van der Waals surface area contributed by atoms with Crippen molar-refractivity contribution >= 4 is 34.1 Å². The molecular weight excluding hydrogens is 457 g/mol. The Hall–Kier alpha value is -3.98. The van der Waals surface area contributed by atoms with Gasteiger partial charge in [0, 0.05) is 79.4 Å². The van der Waals surface area contributed by atoms with E-state index in [1.165, 1.54) is 12.1 Å². The van der Waals surface area contributed by atoms with Crippen LogP contribution in [-0.2, 0) is 4.79 Å². The predicted octanol–water partition coefficient (Wildman–Crippen LogP) is 4.11. The smallest absolute Gasteiger partial charge is 0.227 e. The average Bonchev–Trinajstić information content (AvgIpc) is 3.31. The van der Waals surface area contributed by atoms with Gasteiger partial charge in [-0.25, -0.2) is 14.4 Å². The first-order valence-corrected chi connectivity index (χ1v) is 12.1. The van der Waals surface area contributed by atoms with E-state index in [4.69, 9.17) is 0 Å². The van der Waals surface area contributed by atoms with Gasteiger partial charge in [-0.2, -0.15) is 0 Å². The van der Waals surface area contributed by atoms with Gasteiger partial charge < -0.3 is 25.0 Å². The van der Waals surface area contributed by atoms with Gasteiger partial charge in [0.2, 0.25) is 11.9 Å². The number of aromatic nitrogens is 3. The Labute approximate surface area is 209 Å². The van der Waals surface area contributed by atoms with Crippen LogP contribution >= 0.6 is 0 Å². The number of benzene rings is 2. The molecule has 2 N–H and O–H groups in total. The normalized spacial score (nSPS) is 14.0. The summed E-state index contributed by atoms with van der Waals surface area (Å²) in [5.41, 5.74) is 4.38. The van der Waals surface area contributed by atoms with Crippen molar-refractivity contribution in [2.24, 2.45) is 0 Å². The standard InChI is InChI=1S/C27H30FN7O/c1-33(2)12-10-26(36)35-15-13-34(14-16-35)21-6-4-20(5-7-21)31-27-29-11-9-25(32-27)23-18-30-24-8-3-19(28)17-22(23)24/h3-9,11,17-18,30H,10,12-16H2,1-2H3,(H,29,31,32). The number of amides is 1. The van der Waals surface area contributed by atoms with Gasteiger partial charge in [0.25, 0.3) is 0 Å². The largest absolute Gasteiger partial charge is 0.368 e. The molecule has 9 heteroatoms. The quantitative estimate of drug-likeness (QED) is 0.409. The van der Waals surface area contributed by atoms with Crippen LogP contribution in [0.5, 0.6) is 0 Å². The fourth-order valence-corrected chi connectivity index (χ4v) is 4.45. The molecule has 0 bridgehead atoms. The zero-order chi connectivity index (χ0) is 25.1. The molecule has 5 rings (SSSR count). The maximum absolute atomic E-state index is 13.8. The molecule has 0 atom stereocenters. The van der Waals surface area contributed by atoms with Crippen LogP contribution < -0.4 is 10.2 Å². The number of fused-ring (bicyclic) bond motifs is 1. The van der Waals surface area contributed by atoms with E-state index in [2.05, 4.69) is 37.3 Å². The van der Waals surface area contributed by atoms with E-state index in [1.807, 2.05) is 48.3 Å². The highest BCUT2D eigenvalue weighted by Gasteiger charge is 2.21. The van der Waals surface area contributed by atoms with Crippen LogP contribution in [-0.4, -0.2) is 77.5 Å². The summed E-state index contributed by atoms with van der Waals surface area (Å²) in [6, 6.07) is 14.6. The molecule has 0 aliphatic carbocycles. The molecular formula is C27H30FN7O. The molecule has 3 heterocycles. The molecule has 1 fully saturated rings. The first-order valence-electron chi connectivity index (χ1n) is 12.1. The van der Waals surface area contributed by atoms with Crippen LogP contribution in [0.15, 0.2) is 60.9 Å². The van der Waals surface area contributed by atoms with Gasteiger partial charge in [0.05, 0.1) is 5.69 Å². The van der Waals surface area contributed by atoms with Crippen molar-refractivity contribution in [1.82, 2.24) is 24.8 Å². The highest BCUT2D eigenvalue weighted by molar-refractivity contribution is 5.94. The number of H-pyrrole nitrogens is 1. The third kappa shape index (κ3) is 5.31. The molecule has 0 radical (unpaired) electrons. The monoisotopic (exact) mass is 487 g/mol. The SMILES string of the molecule is CN(C)CCC(=O)N1CCN(c2ccc(Nc3nccc(-c4c[nH]c5ccc(F)cc45)n3)cc2)CC1. The highest BCUT2D eigenvalue weighted by atomic mass is 19.1. The Morgan fingerprint density at radius 2 is 1.86 bits per heavy atom. The van der Waals surface area contributed by atoms with Crippen LogP contribution in [0, 0.1) is 5.82 Å². The summed E-state index contributed by atoms with van der Waals surface area (Å²) in [6.07, 6.45) is 4.09. The lowest BCUT2D eigenvalue weighted by Crippen LogP contribution is -2.49. The van der Waals surface area contributed by atoms with E-state index < -0.39 is 0 Å². The minimum atomic E-state index is -0.284. The maximum Gasteiger partial charge on any atom is 0.227 e. The van der Waals surface area contributed by atoms with Gasteiger partial charge in [-0.1, -0.05) is 0 Å². The lowest BCUT2D eigenvalue weighted by molar-refractivity contribution is -0.131. The first kappa shape index (κ1) is 23.7. The van der Waals surface area contributed by atoms with Gasteiger partial charge in [-0.05, 0) is 62.6 Å². The number of piperazine rings is 1. The summed E-state index contributed by atoms with van der Waals surface area (Å²) < 4.78 is 13.8. The zero-order valence-corrected chi connectivity index (χ0v) is 20.5. The molecule has 36 heavy (non-hydrogen) atoms. The minimum absolute atomic E-state index is 0.225. The van der Waals surface area contributed by atoms with Crippen molar-refractivity contribution in [1.29, 1.82) is 0 Å². The molecule has 0 saturated carbocycles. The lowest BCUT2D eigenvalue weighted by atomic mass is 10.1. The second-order valence-corrected chi connectivity index (χ2v) is 9.25. The van der Waals surface area contributed by atoms with Crippen LogP contribution in [0.4, 0.5) is 21.7 Å². The molecule has 0 spiro atoms. The van der Waals surface area contributed by atoms with Crippen molar-refractivity contribution in [3.05, 3.63) is 66.7 Å². The Kier molecular flexibility index (Phi) is 6.81. The number of nitrogens with one attached hydrogen (secondary N) is 2. The van der Waals surface area contributed by atoms with E-state index in [9.17, 15) is 9.18 Å². The lowest BCUT2D eigenvalue weighted by Gasteiger charge is -2.36. The Balaban J connectivity index is 1.22. The molecule has 1 saturated heterocycles. The highest BCUT2D eigenvalue weighted by Crippen LogP contribution is 2.29. The first-order chi connectivity index (χ1) is 17.5. The van der Waals surface area contributed by atoms with Crippen LogP contribution in [0.1, 0.15) is 6.42 Å². The summed E-state index contributed by atoms with van der Waals surface area (Å²) >= 11 is 0. The van der Waals surface area contributed by atoms with Gasteiger partial charge in [-0.3, -0.25) is 4.79 Å². The molecule has 0 unspecified atom stereocenters. The molecule has 2 aromatic heterocycles. The summed E-state index contributed by atoms with van der Waals surface area (Å²) in [7, 11) is 3.97. The minimum Gasteiger partial charge on any atom is -0.368 e. The van der Waals surface area contributed by atoms with Crippen LogP contribution in [0.25, 0.3) is 22.2 Å². The Morgan fingerprint density at radius 1 is 1.08 bits per heavy atom. The number of carbonyl (C=O) groups excluding carboxylic acids is 1. The second-order valence-electron chi connectivity index (χ2n) is 9.25. The molecule has 186 valence electrons. The summed E-state index contributed by atoms with van der Waals surface area (Å²) in [5.74, 6) is 0.409. The number of hydrogen-bond acceptors (Lipinski definition) is 6. The summed E-state index contributed by atoms with van der Waals surface area (Å²) in [5, 5.41) is 4.04. The number of anilines is 3. The molecule has 1 amide bonds. The van der Waals surface area contributed by atoms with Crippen molar-refractivity contribution in [2.45, 2.75) is 6.42 Å². The fraction of sp³-hybridized carbons (Fsp3) is 0.296. The number of carbonyl (C=O) groups is 1. The second kappa shape index (κ2) is 10.3. The Morgan fingerprint density at radius 3 is 2.61 bits per heavy atom. The third-order valence-electron chi connectivity index (χ3n) is 6.47. The van der Waals surface area contributed by atoms with Crippen LogP contribution in [0.2, 0.25) is 0 Å². The number of aromatic amines is 1. The zero-order valence-electron chi connectivity index (χ0n) is 20.5. The topological polar surface area (TPSA) is 80.4 Å². The maximum atomic E-state index is 13.8. The fourth-order valence-electron chi connectivity index (χ4n) is 4.45. The number of halogens is 1. The number of rotatable bonds is 7. The van der Waals surface area contributed by atoms with Crippen molar-refractivity contribution in [3.63, 3.8) is 0 Å². The van der Waals surface area contributed by atoms with Gasteiger partial charge >= 0.3 is 0 Å². The van der Waals surface area contributed by atoms with E-state index >= 15 is 0 Å².